The highest BCUT2D eigenvalue weighted by atomic mass is 16.5. The highest BCUT2D eigenvalue weighted by Gasteiger charge is 2.47. The predicted molar refractivity (Wildman–Crippen MR) is 53.8 cm³/mol. The van der Waals surface area contributed by atoms with Crippen molar-refractivity contribution in [3.05, 3.63) is 0 Å². The number of carbonyl (C=O) groups is 1. The van der Waals surface area contributed by atoms with E-state index in [-0.39, 0.29) is 5.91 Å². The molecule has 0 aromatic carbocycles. The Hall–Kier alpha value is -0.570. The Labute approximate surface area is 85.2 Å². The van der Waals surface area contributed by atoms with Gasteiger partial charge in [-0.2, -0.15) is 0 Å². The molecule has 1 amide bonds. The first-order valence-electron chi connectivity index (χ1n) is 5.58. The molecule has 0 aromatic heterocycles. The van der Waals surface area contributed by atoms with Gasteiger partial charge in [-0.05, 0) is 37.5 Å². The van der Waals surface area contributed by atoms with Crippen LogP contribution in [0.2, 0.25) is 0 Å². The SMILES string of the molecule is COCCCNC(=O)C1CC2CC2C1. The molecule has 2 aliphatic carbocycles. The Morgan fingerprint density at radius 1 is 1.36 bits per heavy atom. The Kier molecular flexibility index (Phi) is 3.06. The summed E-state index contributed by atoms with van der Waals surface area (Å²) in [6.07, 6.45) is 4.58. The number of hydrogen-bond acceptors (Lipinski definition) is 2. The molecule has 0 spiro atoms. The molecule has 0 saturated heterocycles. The van der Waals surface area contributed by atoms with Gasteiger partial charge >= 0.3 is 0 Å². The van der Waals surface area contributed by atoms with E-state index < -0.39 is 0 Å². The molecule has 0 aromatic rings. The summed E-state index contributed by atoms with van der Waals surface area (Å²) in [5.41, 5.74) is 0. The second-order valence-electron chi connectivity index (χ2n) is 4.56. The van der Waals surface area contributed by atoms with Crippen LogP contribution in [-0.4, -0.2) is 26.2 Å². The number of amides is 1. The van der Waals surface area contributed by atoms with Crippen LogP contribution in [0.15, 0.2) is 0 Å². The number of hydrogen-bond donors (Lipinski definition) is 1. The van der Waals surface area contributed by atoms with E-state index >= 15 is 0 Å². The summed E-state index contributed by atoms with van der Waals surface area (Å²) in [4.78, 5) is 11.6. The number of methoxy groups -OCH3 is 1. The van der Waals surface area contributed by atoms with Crippen molar-refractivity contribution in [1.29, 1.82) is 0 Å². The lowest BCUT2D eigenvalue weighted by Gasteiger charge is -2.11. The average molecular weight is 197 g/mol. The van der Waals surface area contributed by atoms with Gasteiger partial charge in [-0.25, -0.2) is 0 Å². The number of nitrogens with one attached hydrogen (secondary N) is 1. The lowest BCUT2D eigenvalue weighted by molar-refractivity contribution is -0.125. The van der Waals surface area contributed by atoms with Crippen molar-refractivity contribution in [2.24, 2.45) is 17.8 Å². The molecular formula is C11H19NO2. The number of ether oxygens (including phenoxy) is 1. The lowest BCUT2D eigenvalue weighted by Crippen LogP contribution is -2.31. The smallest absolute Gasteiger partial charge is 0.223 e. The topological polar surface area (TPSA) is 38.3 Å². The van der Waals surface area contributed by atoms with Crippen LogP contribution in [-0.2, 0) is 9.53 Å². The third kappa shape index (κ3) is 2.27. The fourth-order valence-electron chi connectivity index (χ4n) is 2.50. The van der Waals surface area contributed by atoms with Crippen molar-refractivity contribution in [1.82, 2.24) is 5.32 Å². The van der Waals surface area contributed by atoms with Crippen molar-refractivity contribution < 1.29 is 9.53 Å². The summed E-state index contributed by atoms with van der Waals surface area (Å²) >= 11 is 0. The summed E-state index contributed by atoms with van der Waals surface area (Å²) in [7, 11) is 1.69. The van der Waals surface area contributed by atoms with E-state index in [0.29, 0.717) is 5.92 Å². The monoisotopic (exact) mass is 197 g/mol. The molecule has 1 N–H and O–H groups in total. The Morgan fingerprint density at radius 2 is 2.07 bits per heavy atom. The molecule has 2 unspecified atom stereocenters. The summed E-state index contributed by atoms with van der Waals surface area (Å²) in [5, 5.41) is 2.98. The van der Waals surface area contributed by atoms with Crippen LogP contribution >= 0.6 is 0 Å². The molecule has 2 aliphatic rings. The minimum Gasteiger partial charge on any atom is -0.385 e. The molecule has 0 aliphatic heterocycles. The average Bonchev–Trinajstić information content (AvgIpc) is 2.80. The third-order valence-electron chi connectivity index (χ3n) is 3.44. The molecule has 3 nitrogen and oxygen atoms in total. The molecular weight excluding hydrogens is 178 g/mol. The molecule has 0 radical (unpaired) electrons. The lowest BCUT2D eigenvalue weighted by atomic mass is 10.0. The van der Waals surface area contributed by atoms with E-state index in [1.807, 2.05) is 0 Å². The van der Waals surface area contributed by atoms with E-state index in [1.54, 1.807) is 7.11 Å². The van der Waals surface area contributed by atoms with E-state index in [0.717, 1.165) is 44.2 Å². The van der Waals surface area contributed by atoms with Gasteiger partial charge in [0.25, 0.3) is 0 Å². The van der Waals surface area contributed by atoms with E-state index in [2.05, 4.69) is 5.32 Å². The standard InChI is InChI=1S/C11H19NO2/c1-14-4-2-3-12-11(13)10-6-8-5-9(8)7-10/h8-10H,2-7H2,1H3,(H,12,13). The molecule has 2 saturated carbocycles. The van der Waals surface area contributed by atoms with Crippen LogP contribution in [0, 0.1) is 17.8 Å². The normalized spacial score (nSPS) is 33.9. The second kappa shape index (κ2) is 4.30. The largest absolute Gasteiger partial charge is 0.385 e. The van der Waals surface area contributed by atoms with Crippen LogP contribution in [0.5, 0.6) is 0 Å². The number of rotatable bonds is 5. The third-order valence-corrected chi connectivity index (χ3v) is 3.44. The molecule has 2 atom stereocenters. The van der Waals surface area contributed by atoms with Gasteiger partial charge in [-0.1, -0.05) is 0 Å². The van der Waals surface area contributed by atoms with Gasteiger partial charge in [-0.3, -0.25) is 4.79 Å². The zero-order chi connectivity index (χ0) is 9.97. The van der Waals surface area contributed by atoms with Crippen molar-refractivity contribution in [3.8, 4) is 0 Å². The maximum atomic E-state index is 11.6. The van der Waals surface area contributed by atoms with Crippen LogP contribution in [0.25, 0.3) is 0 Å². The minimum absolute atomic E-state index is 0.272. The number of fused-ring (bicyclic) bond motifs is 1. The van der Waals surface area contributed by atoms with Crippen LogP contribution in [0.3, 0.4) is 0 Å². The van der Waals surface area contributed by atoms with Crippen LogP contribution in [0.4, 0.5) is 0 Å². The number of carbonyl (C=O) groups excluding carboxylic acids is 1. The molecule has 0 heterocycles. The fraction of sp³-hybridized carbons (Fsp3) is 0.909. The predicted octanol–water partition coefficient (Wildman–Crippen LogP) is 1.19. The highest BCUT2D eigenvalue weighted by molar-refractivity contribution is 5.79. The Morgan fingerprint density at radius 3 is 2.71 bits per heavy atom. The molecule has 2 fully saturated rings. The van der Waals surface area contributed by atoms with E-state index in [9.17, 15) is 4.79 Å². The van der Waals surface area contributed by atoms with Gasteiger partial charge < -0.3 is 10.1 Å². The maximum Gasteiger partial charge on any atom is 0.223 e. The summed E-state index contributed by atoms with van der Waals surface area (Å²) in [6.45, 7) is 1.49. The molecule has 2 rings (SSSR count). The quantitative estimate of drug-likeness (QED) is 0.672. The summed E-state index contributed by atoms with van der Waals surface area (Å²) in [6, 6.07) is 0. The maximum absolute atomic E-state index is 11.6. The molecule has 0 bridgehead atoms. The fourth-order valence-corrected chi connectivity index (χ4v) is 2.50. The van der Waals surface area contributed by atoms with Crippen molar-refractivity contribution in [2.45, 2.75) is 25.7 Å². The van der Waals surface area contributed by atoms with Gasteiger partial charge in [-0.15, -0.1) is 0 Å². The Balaban J connectivity index is 1.59. The first kappa shape index (κ1) is 9.97. The van der Waals surface area contributed by atoms with Gasteiger partial charge in [0.15, 0.2) is 0 Å². The van der Waals surface area contributed by atoms with Crippen molar-refractivity contribution in [2.75, 3.05) is 20.3 Å². The van der Waals surface area contributed by atoms with Crippen LogP contribution < -0.4 is 5.32 Å². The molecule has 14 heavy (non-hydrogen) atoms. The minimum atomic E-state index is 0.272. The van der Waals surface area contributed by atoms with Crippen LogP contribution in [0.1, 0.15) is 25.7 Å². The van der Waals surface area contributed by atoms with Crippen molar-refractivity contribution in [3.63, 3.8) is 0 Å². The molecule has 3 heteroatoms. The van der Waals surface area contributed by atoms with E-state index in [4.69, 9.17) is 4.74 Å². The zero-order valence-corrected chi connectivity index (χ0v) is 8.79. The van der Waals surface area contributed by atoms with Gasteiger partial charge in [0.2, 0.25) is 5.91 Å². The summed E-state index contributed by atoms with van der Waals surface area (Å²) in [5.74, 6) is 2.38. The van der Waals surface area contributed by atoms with Gasteiger partial charge in [0.05, 0.1) is 0 Å². The van der Waals surface area contributed by atoms with Crippen molar-refractivity contribution >= 4 is 5.91 Å². The second-order valence-corrected chi connectivity index (χ2v) is 4.56. The van der Waals surface area contributed by atoms with Gasteiger partial charge in [0, 0.05) is 26.2 Å². The first-order chi connectivity index (χ1) is 6.81. The van der Waals surface area contributed by atoms with Gasteiger partial charge in [0.1, 0.15) is 0 Å². The first-order valence-corrected chi connectivity index (χ1v) is 5.58. The Bertz CT molecular complexity index is 207. The molecule has 80 valence electrons. The van der Waals surface area contributed by atoms with E-state index in [1.165, 1.54) is 6.42 Å². The summed E-state index contributed by atoms with van der Waals surface area (Å²) < 4.78 is 4.92. The highest BCUT2D eigenvalue weighted by Crippen LogP contribution is 2.54. The zero-order valence-electron chi connectivity index (χ0n) is 8.79.